The summed E-state index contributed by atoms with van der Waals surface area (Å²) in [6.45, 7) is 0.518. The number of rotatable bonds is 4. The largest absolute Gasteiger partial charge is 0.484 e. The Morgan fingerprint density at radius 3 is 2.90 bits per heavy atom. The summed E-state index contributed by atoms with van der Waals surface area (Å²) < 4.78 is 7.66. The van der Waals surface area contributed by atoms with E-state index in [0.717, 1.165) is 12.0 Å². The lowest BCUT2D eigenvalue weighted by molar-refractivity contribution is 0.306. The molecule has 0 saturated carbocycles. The molecule has 0 spiro atoms. The van der Waals surface area contributed by atoms with Gasteiger partial charge < -0.3 is 4.74 Å². The van der Waals surface area contributed by atoms with E-state index in [4.69, 9.17) is 16.3 Å². The Kier molecular flexibility index (Phi) is 4.53. The summed E-state index contributed by atoms with van der Waals surface area (Å²) in [5, 5.41) is 5.35. The first-order valence-electron chi connectivity index (χ1n) is 6.86. The topological polar surface area (TPSA) is 27.1 Å². The van der Waals surface area contributed by atoms with Crippen LogP contribution in [0.1, 0.15) is 30.2 Å². The molecule has 0 aliphatic carbocycles. The van der Waals surface area contributed by atoms with Crippen molar-refractivity contribution in [2.45, 2.75) is 31.2 Å². The van der Waals surface area contributed by atoms with E-state index >= 15 is 0 Å². The Morgan fingerprint density at radius 2 is 2.15 bits per heavy atom. The molecule has 1 saturated heterocycles. The van der Waals surface area contributed by atoms with Gasteiger partial charge in [-0.05, 0) is 30.6 Å². The van der Waals surface area contributed by atoms with Gasteiger partial charge in [0.15, 0.2) is 10.9 Å². The van der Waals surface area contributed by atoms with E-state index in [1.165, 1.54) is 18.6 Å². The molecule has 3 rings (SSSR count). The highest BCUT2D eigenvalue weighted by molar-refractivity contribution is 7.99. The van der Waals surface area contributed by atoms with Crippen molar-refractivity contribution in [1.29, 1.82) is 0 Å². The van der Waals surface area contributed by atoms with Crippen LogP contribution < -0.4 is 4.74 Å². The Morgan fingerprint density at radius 1 is 1.30 bits per heavy atom. The maximum Gasteiger partial charge on any atom is 0.176 e. The summed E-state index contributed by atoms with van der Waals surface area (Å²) in [5.41, 5.74) is 1.13. The van der Waals surface area contributed by atoms with E-state index in [9.17, 15) is 0 Å². The number of benzene rings is 1. The molecule has 1 aliphatic heterocycles. The number of hydrogen-bond donors (Lipinski definition) is 0. The standard InChI is InChI=1S/C15H17ClN2OS/c16-15-13(19-11-12-6-2-1-3-7-12)10-17-18(15)14-8-4-5-9-20-14/h1-3,6-7,10,14H,4-5,8-9,11H2. The predicted octanol–water partition coefficient (Wildman–Crippen LogP) is 4.53. The number of aromatic nitrogens is 2. The zero-order valence-electron chi connectivity index (χ0n) is 11.2. The van der Waals surface area contributed by atoms with Gasteiger partial charge in [0.1, 0.15) is 6.61 Å². The maximum absolute atomic E-state index is 6.39. The molecule has 5 heteroatoms. The van der Waals surface area contributed by atoms with Crippen LogP contribution >= 0.6 is 23.4 Å². The van der Waals surface area contributed by atoms with Gasteiger partial charge in [-0.3, -0.25) is 0 Å². The number of nitrogens with zero attached hydrogens (tertiary/aromatic N) is 2. The van der Waals surface area contributed by atoms with E-state index in [-0.39, 0.29) is 0 Å². The van der Waals surface area contributed by atoms with Crippen LogP contribution in [0.4, 0.5) is 0 Å². The second kappa shape index (κ2) is 6.55. The highest BCUT2D eigenvalue weighted by Gasteiger charge is 2.21. The molecule has 0 radical (unpaired) electrons. The van der Waals surface area contributed by atoms with Gasteiger partial charge >= 0.3 is 0 Å². The first-order chi connectivity index (χ1) is 9.84. The van der Waals surface area contributed by atoms with Crippen LogP contribution in [0.2, 0.25) is 5.15 Å². The third-order valence-electron chi connectivity index (χ3n) is 3.37. The summed E-state index contributed by atoms with van der Waals surface area (Å²) in [4.78, 5) is 0. The van der Waals surface area contributed by atoms with E-state index in [1.54, 1.807) is 6.20 Å². The van der Waals surface area contributed by atoms with Crippen molar-refractivity contribution < 1.29 is 4.74 Å². The number of halogens is 1. The molecule has 1 unspecified atom stereocenters. The lowest BCUT2D eigenvalue weighted by Crippen LogP contribution is -2.11. The smallest absolute Gasteiger partial charge is 0.176 e. The molecule has 0 amide bonds. The third-order valence-corrected chi connectivity index (χ3v) is 5.07. The average Bonchev–Trinajstić information content (AvgIpc) is 2.88. The molecule has 2 aromatic rings. The van der Waals surface area contributed by atoms with E-state index < -0.39 is 0 Å². The molecule has 106 valence electrons. The van der Waals surface area contributed by atoms with Crippen LogP contribution in [0.15, 0.2) is 36.5 Å². The summed E-state index contributed by atoms with van der Waals surface area (Å²) in [5.74, 6) is 1.85. The van der Waals surface area contributed by atoms with E-state index in [0.29, 0.717) is 22.9 Å². The minimum atomic E-state index is 0.352. The molecule has 1 aliphatic rings. The van der Waals surface area contributed by atoms with Crippen LogP contribution in [0.3, 0.4) is 0 Å². The van der Waals surface area contributed by atoms with Crippen molar-refractivity contribution in [2.24, 2.45) is 0 Å². The first-order valence-corrected chi connectivity index (χ1v) is 8.28. The fourth-order valence-corrected chi connectivity index (χ4v) is 3.88. The zero-order valence-corrected chi connectivity index (χ0v) is 12.7. The molecule has 1 aromatic heterocycles. The Balaban J connectivity index is 1.67. The van der Waals surface area contributed by atoms with Crippen molar-refractivity contribution in [3.8, 4) is 5.75 Å². The van der Waals surface area contributed by atoms with Gasteiger partial charge in [-0.2, -0.15) is 5.10 Å². The number of hydrogen-bond acceptors (Lipinski definition) is 3. The van der Waals surface area contributed by atoms with Crippen molar-refractivity contribution in [2.75, 3.05) is 5.75 Å². The fraction of sp³-hybridized carbons (Fsp3) is 0.400. The summed E-state index contributed by atoms with van der Waals surface area (Å²) in [7, 11) is 0. The van der Waals surface area contributed by atoms with Gasteiger partial charge in [0.05, 0.1) is 11.6 Å². The van der Waals surface area contributed by atoms with E-state index in [1.807, 2.05) is 46.8 Å². The lowest BCUT2D eigenvalue weighted by Gasteiger charge is -2.22. The zero-order chi connectivity index (χ0) is 13.8. The second-order valence-corrected chi connectivity index (χ2v) is 6.48. The molecule has 3 nitrogen and oxygen atoms in total. The molecular formula is C15H17ClN2OS. The molecule has 0 N–H and O–H groups in total. The van der Waals surface area contributed by atoms with Gasteiger partial charge in [-0.1, -0.05) is 41.9 Å². The van der Waals surface area contributed by atoms with Gasteiger partial charge in [-0.25, -0.2) is 4.68 Å². The highest BCUT2D eigenvalue weighted by atomic mass is 35.5. The SMILES string of the molecule is Clc1c(OCc2ccccc2)cnn1C1CCCCS1. The molecule has 2 heterocycles. The van der Waals surface area contributed by atoms with Crippen LogP contribution in [-0.2, 0) is 6.61 Å². The molecule has 1 atom stereocenters. The first kappa shape index (κ1) is 13.8. The van der Waals surface area contributed by atoms with Crippen LogP contribution in [0.25, 0.3) is 0 Å². The maximum atomic E-state index is 6.39. The molecule has 20 heavy (non-hydrogen) atoms. The van der Waals surface area contributed by atoms with Crippen LogP contribution in [0.5, 0.6) is 5.75 Å². The second-order valence-electron chi connectivity index (χ2n) is 4.84. The lowest BCUT2D eigenvalue weighted by atomic mass is 10.2. The van der Waals surface area contributed by atoms with Crippen molar-refractivity contribution in [1.82, 2.24) is 9.78 Å². The summed E-state index contributed by atoms with van der Waals surface area (Å²) >= 11 is 8.30. The van der Waals surface area contributed by atoms with E-state index in [2.05, 4.69) is 5.10 Å². The van der Waals surface area contributed by atoms with Crippen molar-refractivity contribution >= 4 is 23.4 Å². The van der Waals surface area contributed by atoms with Crippen LogP contribution in [0, 0.1) is 0 Å². The Hall–Kier alpha value is -1.13. The monoisotopic (exact) mass is 308 g/mol. The quantitative estimate of drug-likeness (QED) is 0.830. The average molecular weight is 309 g/mol. The summed E-state index contributed by atoms with van der Waals surface area (Å²) in [6.07, 6.45) is 5.39. The summed E-state index contributed by atoms with van der Waals surface area (Å²) in [6, 6.07) is 10.1. The minimum absolute atomic E-state index is 0.352. The molecule has 0 bridgehead atoms. The molecular weight excluding hydrogens is 292 g/mol. The number of thioether (sulfide) groups is 1. The van der Waals surface area contributed by atoms with Gasteiger partial charge in [-0.15, -0.1) is 11.8 Å². The van der Waals surface area contributed by atoms with Crippen molar-refractivity contribution in [3.63, 3.8) is 0 Å². The minimum Gasteiger partial charge on any atom is -0.484 e. The Labute approximate surface area is 128 Å². The molecule has 1 aromatic carbocycles. The normalized spacial score (nSPS) is 18.9. The third kappa shape index (κ3) is 3.13. The van der Waals surface area contributed by atoms with Gasteiger partial charge in [0.2, 0.25) is 0 Å². The van der Waals surface area contributed by atoms with Gasteiger partial charge in [0.25, 0.3) is 0 Å². The van der Waals surface area contributed by atoms with Crippen LogP contribution in [-0.4, -0.2) is 15.5 Å². The fourth-order valence-electron chi connectivity index (χ4n) is 2.28. The van der Waals surface area contributed by atoms with Gasteiger partial charge in [0, 0.05) is 0 Å². The number of ether oxygens (including phenoxy) is 1. The van der Waals surface area contributed by atoms with Crippen molar-refractivity contribution in [3.05, 3.63) is 47.2 Å². The molecule has 1 fully saturated rings. The highest BCUT2D eigenvalue weighted by Crippen LogP contribution is 2.38. The Bertz CT molecular complexity index is 552. The predicted molar refractivity (Wildman–Crippen MR) is 83.4 cm³/mol.